The Bertz CT molecular complexity index is 1280. The summed E-state index contributed by atoms with van der Waals surface area (Å²) < 4.78 is 18.8. The van der Waals surface area contributed by atoms with Gasteiger partial charge in [-0.3, -0.25) is 9.59 Å². The third-order valence-electron chi connectivity index (χ3n) is 5.86. The van der Waals surface area contributed by atoms with Crippen molar-refractivity contribution in [2.75, 3.05) is 31.3 Å². The highest BCUT2D eigenvalue weighted by molar-refractivity contribution is 6.37. The van der Waals surface area contributed by atoms with Crippen LogP contribution in [0.3, 0.4) is 0 Å². The topological polar surface area (TPSA) is 70.7 Å². The van der Waals surface area contributed by atoms with Crippen molar-refractivity contribution in [3.05, 3.63) is 94.8 Å². The molecule has 0 saturated carbocycles. The Kier molecular flexibility index (Phi) is 7.80. The van der Waals surface area contributed by atoms with Crippen LogP contribution in [0.2, 0.25) is 0 Å². The summed E-state index contributed by atoms with van der Waals surface area (Å²) in [4.78, 5) is 26.9. The van der Waals surface area contributed by atoms with Crippen molar-refractivity contribution in [2.24, 2.45) is 0 Å². The predicted molar refractivity (Wildman–Crippen MR) is 141 cm³/mol. The number of ether oxygens (including phenoxy) is 1. The molecular formula is C29H30FN3O3. The molecule has 6 nitrogen and oxygen atoms in total. The van der Waals surface area contributed by atoms with Crippen molar-refractivity contribution in [2.45, 2.75) is 26.3 Å². The number of esters is 1. The fourth-order valence-electron chi connectivity index (χ4n) is 4.19. The van der Waals surface area contributed by atoms with Crippen LogP contribution in [0.4, 0.5) is 15.8 Å². The number of nitrogens with zero attached hydrogens (tertiary/aromatic N) is 1. The van der Waals surface area contributed by atoms with E-state index in [1.54, 1.807) is 13.0 Å². The molecule has 1 amide bonds. The van der Waals surface area contributed by atoms with E-state index in [0.717, 1.165) is 23.4 Å². The molecule has 0 atom stereocenters. The highest BCUT2D eigenvalue weighted by atomic mass is 19.1. The first-order valence-corrected chi connectivity index (χ1v) is 11.9. The number of amides is 1. The van der Waals surface area contributed by atoms with E-state index in [9.17, 15) is 14.0 Å². The minimum Gasteiger partial charge on any atom is -0.466 e. The lowest BCUT2D eigenvalue weighted by atomic mass is 9.98. The van der Waals surface area contributed by atoms with Crippen LogP contribution in [0.25, 0.3) is 11.3 Å². The molecule has 3 aromatic carbocycles. The van der Waals surface area contributed by atoms with Gasteiger partial charge >= 0.3 is 5.97 Å². The molecule has 1 aliphatic rings. The van der Waals surface area contributed by atoms with Gasteiger partial charge in [0.2, 0.25) is 0 Å². The minimum absolute atomic E-state index is 0.227. The zero-order valence-electron chi connectivity index (χ0n) is 20.7. The second-order valence-corrected chi connectivity index (χ2v) is 8.96. The van der Waals surface area contributed by atoms with E-state index in [-0.39, 0.29) is 11.9 Å². The number of anilines is 2. The molecule has 0 bridgehead atoms. The van der Waals surface area contributed by atoms with Gasteiger partial charge in [0.1, 0.15) is 5.82 Å². The van der Waals surface area contributed by atoms with Crippen molar-refractivity contribution >= 4 is 34.5 Å². The van der Waals surface area contributed by atoms with Gasteiger partial charge in [-0.05, 0) is 74.5 Å². The Morgan fingerprint density at radius 2 is 1.69 bits per heavy atom. The van der Waals surface area contributed by atoms with E-state index in [2.05, 4.69) is 15.5 Å². The number of benzene rings is 3. The highest BCUT2D eigenvalue weighted by Crippen LogP contribution is 2.38. The first-order valence-electron chi connectivity index (χ1n) is 11.9. The monoisotopic (exact) mass is 487 g/mol. The van der Waals surface area contributed by atoms with Gasteiger partial charge < -0.3 is 20.3 Å². The van der Waals surface area contributed by atoms with Crippen molar-refractivity contribution < 1.29 is 18.7 Å². The van der Waals surface area contributed by atoms with Gasteiger partial charge in [0.05, 0.1) is 23.6 Å². The summed E-state index contributed by atoms with van der Waals surface area (Å²) in [6.45, 7) is 2.98. The van der Waals surface area contributed by atoms with Crippen LogP contribution >= 0.6 is 0 Å². The second kappa shape index (κ2) is 11.2. The number of aryl methyl sites for hydroxylation is 1. The largest absolute Gasteiger partial charge is 0.466 e. The molecule has 0 spiro atoms. The number of hydrogen-bond donors (Lipinski definition) is 2. The zero-order valence-corrected chi connectivity index (χ0v) is 20.7. The van der Waals surface area contributed by atoms with Crippen LogP contribution in [0, 0.1) is 5.82 Å². The number of carbonyl (C=O) groups excluding carboxylic acids is 2. The van der Waals surface area contributed by atoms with Gasteiger partial charge in [-0.25, -0.2) is 4.39 Å². The molecule has 1 aliphatic heterocycles. The molecule has 7 heteroatoms. The van der Waals surface area contributed by atoms with Gasteiger partial charge in [0.15, 0.2) is 0 Å². The smallest absolute Gasteiger partial charge is 0.306 e. The van der Waals surface area contributed by atoms with Crippen molar-refractivity contribution in [3.8, 4) is 0 Å². The van der Waals surface area contributed by atoms with Crippen LogP contribution in [-0.4, -0.2) is 37.5 Å². The standard InChI is InChI=1S/C29H30FN3O3/c1-4-36-26(34)16-9-19-5-10-21(11-6-19)28(31-23-13-7-20(8-14-23)18-33(2)3)27-24-15-12-22(30)17-25(24)32-29(27)35/h5-8,10-15,17,31H,4,9,16,18H2,1-3H3,(H,32,35)/b28-27-. The molecule has 0 unspecified atom stereocenters. The quantitative estimate of drug-likeness (QED) is 0.316. The fourth-order valence-corrected chi connectivity index (χ4v) is 4.19. The fraction of sp³-hybridized carbons (Fsp3) is 0.241. The zero-order chi connectivity index (χ0) is 25.7. The molecule has 4 rings (SSSR count). The van der Waals surface area contributed by atoms with Crippen LogP contribution in [0.1, 0.15) is 35.6 Å². The summed E-state index contributed by atoms with van der Waals surface area (Å²) in [5.74, 6) is -0.934. The van der Waals surface area contributed by atoms with Crippen LogP contribution in [-0.2, 0) is 27.3 Å². The lowest BCUT2D eigenvalue weighted by Gasteiger charge is -2.16. The maximum absolute atomic E-state index is 13.8. The summed E-state index contributed by atoms with van der Waals surface area (Å²) in [7, 11) is 4.04. The SMILES string of the molecule is CCOC(=O)CCc1ccc(/C(Nc2ccc(CN(C)C)cc2)=C2/C(=O)Nc3cc(F)ccc32)cc1. The maximum Gasteiger partial charge on any atom is 0.306 e. The van der Waals surface area contributed by atoms with E-state index in [1.807, 2.05) is 62.6 Å². The maximum atomic E-state index is 13.8. The van der Waals surface area contributed by atoms with Crippen LogP contribution in [0.15, 0.2) is 66.7 Å². The summed E-state index contributed by atoms with van der Waals surface area (Å²) in [6.07, 6.45) is 0.869. The van der Waals surface area contributed by atoms with Crippen molar-refractivity contribution in [3.63, 3.8) is 0 Å². The molecule has 186 valence electrons. The highest BCUT2D eigenvalue weighted by Gasteiger charge is 2.28. The van der Waals surface area contributed by atoms with E-state index in [0.29, 0.717) is 42.0 Å². The average Bonchev–Trinajstić information content (AvgIpc) is 3.17. The normalized spacial score (nSPS) is 13.9. The molecule has 2 N–H and O–H groups in total. The van der Waals surface area contributed by atoms with Crippen LogP contribution in [0.5, 0.6) is 0 Å². The number of rotatable bonds is 9. The lowest BCUT2D eigenvalue weighted by molar-refractivity contribution is -0.143. The minimum atomic E-state index is -0.410. The van der Waals surface area contributed by atoms with Gasteiger partial charge in [-0.1, -0.05) is 36.4 Å². The first-order chi connectivity index (χ1) is 17.3. The Balaban J connectivity index is 1.69. The third kappa shape index (κ3) is 5.98. The number of halogens is 1. The molecule has 0 aromatic heterocycles. The molecule has 0 fully saturated rings. The predicted octanol–water partition coefficient (Wildman–Crippen LogP) is 5.32. The van der Waals surface area contributed by atoms with Crippen molar-refractivity contribution in [1.29, 1.82) is 0 Å². The molecule has 1 heterocycles. The first kappa shape index (κ1) is 25.1. The Hall–Kier alpha value is -3.97. The second-order valence-electron chi connectivity index (χ2n) is 8.96. The Morgan fingerprint density at radius 3 is 2.36 bits per heavy atom. The van der Waals surface area contributed by atoms with Gasteiger partial charge in [0, 0.05) is 24.2 Å². The van der Waals surface area contributed by atoms with E-state index in [4.69, 9.17) is 4.74 Å². The van der Waals surface area contributed by atoms with E-state index >= 15 is 0 Å². The lowest BCUT2D eigenvalue weighted by Crippen LogP contribution is -2.11. The summed E-state index contributed by atoms with van der Waals surface area (Å²) >= 11 is 0. The molecule has 0 aliphatic carbocycles. The Morgan fingerprint density at radius 1 is 1.00 bits per heavy atom. The summed E-state index contributed by atoms with van der Waals surface area (Å²) in [6, 6.07) is 20.1. The number of carbonyl (C=O) groups is 2. The average molecular weight is 488 g/mol. The number of fused-ring (bicyclic) bond motifs is 1. The number of hydrogen-bond acceptors (Lipinski definition) is 5. The van der Waals surface area contributed by atoms with Gasteiger partial charge in [-0.2, -0.15) is 0 Å². The molecule has 0 radical (unpaired) electrons. The summed E-state index contributed by atoms with van der Waals surface area (Å²) in [5.41, 5.74) is 5.94. The van der Waals surface area contributed by atoms with E-state index < -0.39 is 5.82 Å². The van der Waals surface area contributed by atoms with Crippen molar-refractivity contribution in [1.82, 2.24) is 4.90 Å². The van der Waals surface area contributed by atoms with Gasteiger partial charge in [0.25, 0.3) is 5.91 Å². The molecule has 0 saturated heterocycles. The molecular weight excluding hydrogens is 457 g/mol. The third-order valence-corrected chi connectivity index (χ3v) is 5.86. The van der Waals surface area contributed by atoms with Crippen LogP contribution < -0.4 is 10.6 Å². The number of nitrogens with one attached hydrogen (secondary N) is 2. The summed E-state index contributed by atoms with van der Waals surface area (Å²) in [5, 5.41) is 6.20. The van der Waals surface area contributed by atoms with E-state index in [1.165, 1.54) is 17.7 Å². The molecule has 3 aromatic rings. The Labute approximate surface area is 210 Å². The molecule has 36 heavy (non-hydrogen) atoms. The van der Waals surface area contributed by atoms with Gasteiger partial charge in [-0.15, -0.1) is 0 Å².